The van der Waals surface area contributed by atoms with Crippen LogP contribution in [-0.2, 0) is 16.4 Å². The Kier molecular flexibility index (Phi) is 4.71. The molecule has 0 aliphatic rings. The third-order valence-electron chi connectivity index (χ3n) is 4.25. The van der Waals surface area contributed by atoms with Crippen LogP contribution in [0.3, 0.4) is 0 Å². The first-order valence-electron chi connectivity index (χ1n) is 8.87. The highest BCUT2D eigenvalue weighted by Gasteiger charge is 2.16. The fourth-order valence-corrected chi connectivity index (χ4v) is 3.83. The number of anilines is 1. The van der Waals surface area contributed by atoms with Gasteiger partial charge in [-0.25, -0.2) is 13.2 Å². The first-order valence-corrected chi connectivity index (χ1v) is 10.4. The van der Waals surface area contributed by atoms with Crippen LogP contribution in [0.1, 0.15) is 37.0 Å². The van der Waals surface area contributed by atoms with Gasteiger partial charge >= 0.3 is 5.76 Å². The zero-order valence-corrected chi connectivity index (χ0v) is 16.5. The lowest BCUT2D eigenvalue weighted by atomic mass is 10.1. The Bertz CT molecular complexity index is 1320. The third kappa shape index (κ3) is 4.06. The number of hydrogen-bond donors (Lipinski definition) is 2. The predicted octanol–water partition coefficient (Wildman–Crippen LogP) is 3.02. The van der Waals surface area contributed by atoms with Crippen LogP contribution >= 0.6 is 0 Å². The van der Waals surface area contributed by atoms with Gasteiger partial charge in [-0.05, 0) is 29.8 Å². The van der Waals surface area contributed by atoms with Gasteiger partial charge in [0, 0.05) is 24.1 Å². The number of aromatic nitrogens is 3. The van der Waals surface area contributed by atoms with E-state index in [1.165, 1.54) is 18.2 Å². The summed E-state index contributed by atoms with van der Waals surface area (Å²) < 4.78 is 37.9. The summed E-state index contributed by atoms with van der Waals surface area (Å²) in [5.74, 6) is 0.676. The number of nitrogens with zero attached hydrogens (tertiary/aromatic N) is 2. The Hall–Kier alpha value is -3.40. The number of rotatable bonds is 6. The summed E-state index contributed by atoms with van der Waals surface area (Å²) in [4.78, 5) is 18.0. The molecule has 0 aliphatic heterocycles. The molecule has 0 unspecified atom stereocenters. The average molecular weight is 414 g/mol. The molecule has 2 N–H and O–H groups in total. The van der Waals surface area contributed by atoms with Crippen LogP contribution in [0, 0.1) is 0 Å². The van der Waals surface area contributed by atoms with E-state index in [1.807, 2.05) is 13.8 Å². The van der Waals surface area contributed by atoms with E-state index in [-0.39, 0.29) is 16.4 Å². The van der Waals surface area contributed by atoms with Crippen LogP contribution in [0.25, 0.3) is 11.1 Å². The van der Waals surface area contributed by atoms with Gasteiger partial charge in [0.2, 0.25) is 5.89 Å². The van der Waals surface area contributed by atoms with E-state index >= 15 is 0 Å². The van der Waals surface area contributed by atoms with E-state index in [9.17, 15) is 13.2 Å². The summed E-state index contributed by atoms with van der Waals surface area (Å²) in [5, 5.41) is 3.95. The van der Waals surface area contributed by atoms with Crippen molar-refractivity contribution >= 4 is 26.8 Å². The number of sulfonamides is 1. The van der Waals surface area contributed by atoms with Crippen molar-refractivity contribution in [3.63, 3.8) is 0 Å². The number of nitrogens with one attached hydrogen (secondary N) is 2. The lowest BCUT2D eigenvalue weighted by molar-refractivity contribution is 0.361. The van der Waals surface area contributed by atoms with E-state index in [4.69, 9.17) is 8.94 Å². The minimum absolute atomic E-state index is 0.00941. The minimum Gasteiger partial charge on any atom is -0.408 e. The van der Waals surface area contributed by atoms with Gasteiger partial charge in [-0.2, -0.15) is 4.98 Å². The first kappa shape index (κ1) is 18.9. The van der Waals surface area contributed by atoms with Crippen molar-refractivity contribution in [3.8, 4) is 0 Å². The van der Waals surface area contributed by atoms with Crippen LogP contribution in [0.2, 0.25) is 0 Å². The molecule has 0 bridgehead atoms. The zero-order chi connectivity index (χ0) is 20.6. The fraction of sp³-hybridized carbons (Fsp3) is 0.211. The minimum atomic E-state index is -3.84. The Morgan fingerprint density at radius 2 is 1.90 bits per heavy atom. The second-order valence-corrected chi connectivity index (χ2v) is 8.54. The predicted molar refractivity (Wildman–Crippen MR) is 105 cm³/mol. The monoisotopic (exact) mass is 414 g/mol. The van der Waals surface area contributed by atoms with Crippen molar-refractivity contribution in [2.24, 2.45) is 0 Å². The van der Waals surface area contributed by atoms with Crippen molar-refractivity contribution in [3.05, 3.63) is 70.3 Å². The van der Waals surface area contributed by atoms with Gasteiger partial charge in [-0.1, -0.05) is 31.1 Å². The summed E-state index contributed by atoms with van der Waals surface area (Å²) >= 11 is 0. The molecule has 0 amide bonds. The molecule has 0 saturated carbocycles. The number of H-pyrrole nitrogens is 1. The molecule has 0 saturated heterocycles. The maximum atomic E-state index is 12.6. The highest BCUT2D eigenvalue weighted by molar-refractivity contribution is 7.92. The van der Waals surface area contributed by atoms with Crippen molar-refractivity contribution in [1.29, 1.82) is 0 Å². The normalized spacial score (nSPS) is 12.0. The molecule has 2 aromatic heterocycles. The molecular weight excluding hydrogens is 396 g/mol. The molecule has 0 atom stereocenters. The highest BCUT2D eigenvalue weighted by Crippen LogP contribution is 2.21. The Morgan fingerprint density at radius 1 is 1.14 bits per heavy atom. The molecule has 0 radical (unpaired) electrons. The topological polar surface area (TPSA) is 131 Å². The van der Waals surface area contributed by atoms with Crippen molar-refractivity contribution in [2.75, 3.05) is 4.72 Å². The number of benzene rings is 2. The van der Waals surface area contributed by atoms with Crippen LogP contribution in [0.4, 0.5) is 5.69 Å². The van der Waals surface area contributed by atoms with E-state index in [1.54, 1.807) is 24.3 Å². The molecular formula is C19H18N4O5S. The van der Waals surface area contributed by atoms with Crippen LogP contribution < -0.4 is 10.5 Å². The third-order valence-corrected chi connectivity index (χ3v) is 5.63. The fourth-order valence-electron chi connectivity index (χ4n) is 2.75. The Balaban J connectivity index is 1.49. The molecule has 4 aromatic rings. The molecule has 4 rings (SSSR count). The molecule has 150 valence electrons. The highest BCUT2D eigenvalue weighted by atomic mass is 32.2. The SMILES string of the molecule is CC(C)c1nc(Cc2ccc(NS(=O)(=O)c3ccc4[nH]c(=O)oc4c3)cc2)no1. The van der Waals surface area contributed by atoms with Gasteiger partial charge in [-0.15, -0.1) is 0 Å². The second kappa shape index (κ2) is 7.21. The van der Waals surface area contributed by atoms with E-state index in [0.717, 1.165) is 5.56 Å². The van der Waals surface area contributed by atoms with Gasteiger partial charge < -0.3 is 8.94 Å². The molecule has 29 heavy (non-hydrogen) atoms. The van der Waals surface area contributed by atoms with Crippen LogP contribution in [0.15, 0.2) is 61.1 Å². The number of oxazole rings is 1. The maximum absolute atomic E-state index is 12.6. The van der Waals surface area contributed by atoms with Gasteiger partial charge in [0.25, 0.3) is 10.0 Å². The number of hydrogen-bond acceptors (Lipinski definition) is 7. The molecule has 0 fully saturated rings. The summed E-state index contributed by atoms with van der Waals surface area (Å²) in [6.07, 6.45) is 0.479. The summed E-state index contributed by atoms with van der Waals surface area (Å²) in [5.41, 5.74) is 1.93. The lowest BCUT2D eigenvalue weighted by Gasteiger charge is -2.08. The first-order chi connectivity index (χ1) is 13.8. The maximum Gasteiger partial charge on any atom is 0.417 e. The quantitative estimate of drug-likeness (QED) is 0.496. The Morgan fingerprint density at radius 3 is 2.59 bits per heavy atom. The lowest BCUT2D eigenvalue weighted by Crippen LogP contribution is -2.12. The van der Waals surface area contributed by atoms with Gasteiger partial charge in [0.15, 0.2) is 11.4 Å². The van der Waals surface area contributed by atoms with Crippen LogP contribution in [0.5, 0.6) is 0 Å². The summed E-state index contributed by atoms with van der Waals surface area (Å²) in [6, 6.07) is 11.1. The Labute approximate surface area is 165 Å². The van der Waals surface area contributed by atoms with Crippen LogP contribution in [-0.4, -0.2) is 23.5 Å². The summed E-state index contributed by atoms with van der Waals surface area (Å²) in [7, 11) is -3.84. The van der Waals surface area contributed by atoms with Gasteiger partial charge in [-0.3, -0.25) is 9.71 Å². The molecule has 2 heterocycles. The molecule has 10 heteroatoms. The summed E-state index contributed by atoms with van der Waals surface area (Å²) in [6.45, 7) is 3.94. The molecule has 0 aliphatic carbocycles. The molecule has 9 nitrogen and oxygen atoms in total. The smallest absolute Gasteiger partial charge is 0.408 e. The second-order valence-electron chi connectivity index (χ2n) is 6.86. The van der Waals surface area contributed by atoms with Crippen molar-refractivity contribution in [1.82, 2.24) is 15.1 Å². The van der Waals surface area contributed by atoms with E-state index < -0.39 is 15.8 Å². The number of aromatic amines is 1. The van der Waals surface area contributed by atoms with Crippen molar-refractivity contribution in [2.45, 2.75) is 31.1 Å². The van der Waals surface area contributed by atoms with Gasteiger partial charge in [0.1, 0.15) is 0 Å². The van der Waals surface area contributed by atoms with Gasteiger partial charge in [0.05, 0.1) is 10.4 Å². The van der Waals surface area contributed by atoms with E-state index in [2.05, 4.69) is 19.8 Å². The zero-order valence-electron chi connectivity index (χ0n) is 15.7. The largest absolute Gasteiger partial charge is 0.417 e. The van der Waals surface area contributed by atoms with Crippen molar-refractivity contribution < 1.29 is 17.4 Å². The average Bonchev–Trinajstić information content (AvgIpc) is 3.28. The standard InChI is InChI=1S/C19H18N4O5S/c1-11(2)18-21-17(22-28-18)9-12-3-5-13(6-4-12)23-29(25,26)14-7-8-15-16(10-14)27-19(24)20-15/h3-8,10-11,23H,9H2,1-2H3,(H,20,24). The van der Waals surface area contributed by atoms with E-state index in [0.29, 0.717) is 29.3 Å². The number of fused-ring (bicyclic) bond motifs is 1. The molecule has 2 aromatic carbocycles. The molecule has 0 spiro atoms.